The minimum absolute atomic E-state index is 0.234. The van der Waals surface area contributed by atoms with Crippen LogP contribution in [0.3, 0.4) is 0 Å². The van der Waals surface area contributed by atoms with Gasteiger partial charge in [0.05, 0.1) is 22.5 Å². The van der Waals surface area contributed by atoms with Crippen LogP contribution in [-0.4, -0.2) is 74.5 Å². The summed E-state index contributed by atoms with van der Waals surface area (Å²) in [7, 11) is 0. The average molecular weight is 565 g/mol. The van der Waals surface area contributed by atoms with Crippen LogP contribution in [0.2, 0.25) is 0 Å². The van der Waals surface area contributed by atoms with E-state index in [1.54, 1.807) is 16.6 Å². The van der Waals surface area contributed by atoms with Crippen molar-refractivity contribution in [1.82, 2.24) is 35.0 Å². The Labute approximate surface area is 229 Å². The number of hydrogen-bond donors (Lipinski definition) is 2. The third kappa shape index (κ3) is 5.82. The molecule has 1 aliphatic heterocycles. The third-order valence-electron chi connectivity index (χ3n) is 5.90. The molecule has 4 heterocycles. The van der Waals surface area contributed by atoms with Crippen LogP contribution in [0.25, 0.3) is 27.1 Å². The molecule has 0 radical (unpaired) electrons. The SMILES string of the molecule is O=C(NCCN1CCOC(=O)C1)Nc1nc2ccc(Sc3nnc4ccc(-c5ccc(F)cc5)nn34)cc2s1. The Bertz CT molecular complexity index is 1670. The summed E-state index contributed by atoms with van der Waals surface area (Å²) in [5.74, 6) is -0.554. The van der Waals surface area contributed by atoms with Crippen LogP contribution < -0.4 is 10.6 Å². The first-order valence-electron chi connectivity index (χ1n) is 12.0. The van der Waals surface area contributed by atoms with Crippen molar-refractivity contribution < 1.29 is 18.7 Å². The van der Waals surface area contributed by atoms with E-state index in [1.807, 2.05) is 35.2 Å². The zero-order chi connectivity index (χ0) is 26.8. The number of urea groups is 1. The van der Waals surface area contributed by atoms with Gasteiger partial charge in [0.15, 0.2) is 10.8 Å². The lowest BCUT2D eigenvalue weighted by Crippen LogP contribution is -2.44. The maximum atomic E-state index is 13.3. The van der Waals surface area contributed by atoms with Crippen LogP contribution in [-0.2, 0) is 9.53 Å². The molecule has 1 aliphatic rings. The summed E-state index contributed by atoms with van der Waals surface area (Å²) in [5.41, 5.74) is 2.82. The number of ether oxygens (including phenoxy) is 1. The number of hydrogen-bond acceptors (Lipinski definition) is 10. The van der Waals surface area contributed by atoms with E-state index in [4.69, 9.17) is 4.74 Å². The van der Waals surface area contributed by atoms with Crippen molar-refractivity contribution in [3.8, 4) is 11.3 Å². The predicted octanol–water partition coefficient (Wildman–Crippen LogP) is 3.67. The normalized spacial score (nSPS) is 14.0. The van der Waals surface area contributed by atoms with Gasteiger partial charge in [-0.3, -0.25) is 15.0 Å². The largest absolute Gasteiger partial charge is 0.463 e. The molecule has 11 nitrogen and oxygen atoms in total. The molecule has 1 fully saturated rings. The molecule has 0 aliphatic carbocycles. The maximum Gasteiger partial charge on any atom is 0.321 e. The number of halogens is 1. The summed E-state index contributed by atoms with van der Waals surface area (Å²) in [6.07, 6.45) is 0. The first-order valence-corrected chi connectivity index (χ1v) is 13.6. The molecule has 1 saturated heterocycles. The summed E-state index contributed by atoms with van der Waals surface area (Å²) in [6, 6.07) is 15.2. The van der Waals surface area contributed by atoms with Crippen LogP contribution in [0.5, 0.6) is 0 Å². The van der Waals surface area contributed by atoms with Crippen LogP contribution >= 0.6 is 23.1 Å². The lowest BCUT2D eigenvalue weighted by atomic mass is 10.1. The van der Waals surface area contributed by atoms with Crippen LogP contribution in [0.1, 0.15) is 0 Å². The van der Waals surface area contributed by atoms with E-state index < -0.39 is 0 Å². The second kappa shape index (κ2) is 10.9. The van der Waals surface area contributed by atoms with Crippen molar-refractivity contribution in [3.05, 3.63) is 60.4 Å². The number of nitrogens with zero attached hydrogens (tertiary/aromatic N) is 6. The molecule has 6 rings (SSSR count). The summed E-state index contributed by atoms with van der Waals surface area (Å²) in [6.45, 7) is 2.22. The van der Waals surface area contributed by atoms with Gasteiger partial charge in [-0.2, -0.15) is 9.61 Å². The van der Waals surface area contributed by atoms with E-state index in [1.165, 1.54) is 35.2 Å². The van der Waals surface area contributed by atoms with Crippen molar-refractivity contribution in [2.45, 2.75) is 10.1 Å². The molecule has 2 N–H and O–H groups in total. The van der Waals surface area contributed by atoms with E-state index in [-0.39, 0.29) is 24.4 Å². The second-order valence-electron chi connectivity index (χ2n) is 8.61. The Morgan fingerprint density at radius 3 is 2.85 bits per heavy atom. The highest BCUT2D eigenvalue weighted by Gasteiger charge is 2.18. The number of benzene rings is 2. The molecule has 2 aromatic carbocycles. The minimum atomic E-state index is -0.360. The molecule has 2 amide bonds. The number of carbonyl (C=O) groups is 2. The smallest absolute Gasteiger partial charge is 0.321 e. The molecule has 39 heavy (non-hydrogen) atoms. The van der Waals surface area contributed by atoms with Crippen molar-refractivity contribution in [1.29, 1.82) is 0 Å². The Balaban J connectivity index is 1.11. The number of fused-ring (bicyclic) bond motifs is 2. The number of cyclic esters (lactones) is 1. The summed E-state index contributed by atoms with van der Waals surface area (Å²) in [4.78, 5) is 31.0. The molecule has 0 saturated carbocycles. The van der Waals surface area contributed by atoms with Crippen molar-refractivity contribution in [2.75, 3.05) is 38.1 Å². The summed E-state index contributed by atoms with van der Waals surface area (Å²) >= 11 is 2.76. The molecule has 0 unspecified atom stereocenters. The van der Waals surface area contributed by atoms with Gasteiger partial charge >= 0.3 is 12.0 Å². The van der Waals surface area contributed by atoms with Crippen LogP contribution in [0, 0.1) is 5.82 Å². The van der Waals surface area contributed by atoms with Gasteiger partial charge in [-0.15, -0.1) is 10.2 Å². The van der Waals surface area contributed by atoms with E-state index >= 15 is 0 Å². The van der Waals surface area contributed by atoms with E-state index in [2.05, 4.69) is 30.9 Å². The Morgan fingerprint density at radius 2 is 2.00 bits per heavy atom. The van der Waals surface area contributed by atoms with E-state index in [0.29, 0.717) is 47.9 Å². The summed E-state index contributed by atoms with van der Waals surface area (Å²) < 4.78 is 20.8. The zero-order valence-electron chi connectivity index (χ0n) is 20.3. The monoisotopic (exact) mass is 564 g/mol. The number of carbonyl (C=O) groups excluding carboxylic acids is 2. The van der Waals surface area contributed by atoms with Gasteiger partial charge in [0.25, 0.3) is 0 Å². The van der Waals surface area contributed by atoms with Gasteiger partial charge in [0.1, 0.15) is 12.4 Å². The molecule has 0 bridgehead atoms. The fraction of sp³-hybridized carbons (Fsp3) is 0.200. The molecule has 3 aromatic heterocycles. The molecular formula is C25H21FN8O3S2. The number of thiazole rings is 1. The van der Waals surface area contributed by atoms with Gasteiger partial charge in [-0.25, -0.2) is 14.2 Å². The average Bonchev–Trinajstić information content (AvgIpc) is 3.52. The van der Waals surface area contributed by atoms with E-state index in [9.17, 15) is 14.0 Å². The topological polar surface area (TPSA) is 127 Å². The quantitative estimate of drug-likeness (QED) is 0.285. The molecule has 5 aromatic rings. The van der Waals surface area contributed by atoms with Crippen LogP contribution in [0.15, 0.2) is 64.6 Å². The number of morpholine rings is 1. The number of nitrogens with one attached hydrogen (secondary N) is 2. The van der Waals surface area contributed by atoms with Gasteiger partial charge in [-0.05, 0) is 66.4 Å². The molecular weight excluding hydrogens is 543 g/mol. The van der Waals surface area contributed by atoms with Crippen LogP contribution in [0.4, 0.5) is 14.3 Å². The maximum absolute atomic E-state index is 13.3. The number of amides is 2. The number of rotatable bonds is 7. The Hall–Kier alpha value is -4.14. The van der Waals surface area contributed by atoms with E-state index in [0.717, 1.165) is 20.7 Å². The second-order valence-corrected chi connectivity index (χ2v) is 10.7. The molecule has 0 spiro atoms. The van der Waals surface area contributed by atoms with Crippen molar-refractivity contribution >= 4 is 56.1 Å². The first-order chi connectivity index (χ1) is 19.0. The van der Waals surface area contributed by atoms with Crippen molar-refractivity contribution in [3.63, 3.8) is 0 Å². The van der Waals surface area contributed by atoms with Crippen molar-refractivity contribution in [2.24, 2.45) is 0 Å². The van der Waals surface area contributed by atoms with Gasteiger partial charge in [0.2, 0.25) is 5.16 Å². The Kier molecular flexibility index (Phi) is 7.04. The highest BCUT2D eigenvalue weighted by molar-refractivity contribution is 7.99. The highest BCUT2D eigenvalue weighted by atomic mass is 32.2. The molecule has 14 heteroatoms. The number of aromatic nitrogens is 5. The lowest BCUT2D eigenvalue weighted by Gasteiger charge is -2.25. The fourth-order valence-electron chi connectivity index (χ4n) is 3.99. The predicted molar refractivity (Wildman–Crippen MR) is 144 cm³/mol. The molecule has 0 atom stereocenters. The Morgan fingerprint density at radius 1 is 1.13 bits per heavy atom. The minimum Gasteiger partial charge on any atom is -0.463 e. The molecule has 198 valence electrons. The third-order valence-corrected chi connectivity index (χ3v) is 7.76. The standard InChI is InChI=1S/C25H21FN8O3S2/c26-16-3-1-15(2-4-16)18-7-8-21-30-31-25(34(21)32-18)38-17-5-6-19-20(13-17)39-24(28-19)29-23(36)27-9-10-33-11-12-37-22(35)14-33/h1-8,13H,9-12,14H2,(H2,27,28,29,36). The first kappa shape index (κ1) is 25.2. The lowest BCUT2D eigenvalue weighted by molar-refractivity contribution is -0.150. The van der Waals surface area contributed by atoms with Gasteiger partial charge < -0.3 is 10.1 Å². The zero-order valence-corrected chi connectivity index (χ0v) is 22.0. The number of anilines is 1. The number of esters is 1. The fourth-order valence-corrected chi connectivity index (χ4v) is 5.79. The highest BCUT2D eigenvalue weighted by Crippen LogP contribution is 2.33. The summed E-state index contributed by atoms with van der Waals surface area (Å²) in [5, 5.41) is 19.7. The van der Waals surface area contributed by atoms with Gasteiger partial charge in [-0.1, -0.05) is 11.3 Å². The van der Waals surface area contributed by atoms with Gasteiger partial charge in [0, 0.05) is 30.1 Å².